The molecule has 1 aliphatic heterocycles. The molecule has 5 nitrogen and oxygen atoms in total. The van der Waals surface area contributed by atoms with E-state index in [1.807, 2.05) is 18.2 Å². The van der Waals surface area contributed by atoms with Gasteiger partial charge in [-0.25, -0.2) is 0 Å². The van der Waals surface area contributed by atoms with Crippen LogP contribution in [0.3, 0.4) is 0 Å². The summed E-state index contributed by atoms with van der Waals surface area (Å²) < 4.78 is 5.45. The normalized spacial score (nSPS) is 17.3. The monoisotopic (exact) mass is 324 g/mol. The van der Waals surface area contributed by atoms with Gasteiger partial charge in [-0.05, 0) is 24.5 Å². The van der Waals surface area contributed by atoms with Gasteiger partial charge in [0.25, 0.3) is 0 Å². The maximum atomic E-state index is 12.0. The molecule has 0 aromatic heterocycles. The first-order valence-corrected chi connectivity index (χ1v) is 7.81. The van der Waals surface area contributed by atoms with E-state index in [0.717, 1.165) is 25.0 Å². The van der Waals surface area contributed by atoms with Crippen molar-refractivity contribution in [1.29, 1.82) is 0 Å². The molecular weight excluding hydrogens is 304 g/mol. The van der Waals surface area contributed by atoms with E-state index in [0.29, 0.717) is 18.1 Å². The third kappa shape index (κ3) is 5.00. The van der Waals surface area contributed by atoms with E-state index in [2.05, 4.69) is 5.32 Å². The molecule has 0 radical (unpaired) electrons. The number of carbonyl (C=O) groups excluding carboxylic acids is 2. The molecule has 2 amide bonds. The number of hydrogen-bond donors (Lipinski definition) is 1. The molecule has 1 saturated heterocycles. The standard InChI is InChI=1S/C16H21ClN2O3/c1-12(20)19(10-13-5-2-3-7-15(13)17)11-16(21)18-9-14-6-4-8-22-14/h2-3,5,7,14H,4,6,8-11H2,1H3,(H,18,21). The third-order valence-electron chi connectivity index (χ3n) is 3.65. The van der Waals surface area contributed by atoms with E-state index >= 15 is 0 Å². The van der Waals surface area contributed by atoms with Crippen molar-refractivity contribution in [3.63, 3.8) is 0 Å². The predicted octanol–water partition coefficient (Wildman–Crippen LogP) is 1.98. The van der Waals surface area contributed by atoms with Crippen LogP contribution in [0.4, 0.5) is 0 Å². The van der Waals surface area contributed by atoms with Gasteiger partial charge < -0.3 is 15.0 Å². The van der Waals surface area contributed by atoms with Crippen molar-refractivity contribution in [3.8, 4) is 0 Å². The lowest BCUT2D eigenvalue weighted by Crippen LogP contribution is -2.41. The number of hydrogen-bond acceptors (Lipinski definition) is 3. The SMILES string of the molecule is CC(=O)N(CC(=O)NCC1CCCO1)Cc1ccccc1Cl. The van der Waals surface area contributed by atoms with Crippen LogP contribution in [0.1, 0.15) is 25.3 Å². The Hall–Kier alpha value is -1.59. The van der Waals surface area contributed by atoms with Gasteiger partial charge >= 0.3 is 0 Å². The number of nitrogens with one attached hydrogen (secondary N) is 1. The number of benzene rings is 1. The van der Waals surface area contributed by atoms with Gasteiger partial charge in [-0.3, -0.25) is 9.59 Å². The molecule has 0 aliphatic carbocycles. The average Bonchev–Trinajstić information content (AvgIpc) is 3.00. The van der Waals surface area contributed by atoms with Crippen LogP contribution in [0, 0.1) is 0 Å². The lowest BCUT2D eigenvalue weighted by molar-refractivity contribution is -0.135. The molecule has 1 aromatic carbocycles. The molecule has 6 heteroatoms. The van der Waals surface area contributed by atoms with Gasteiger partial charge in [-0.2, -0.15) is 0 Å². The second kappa shape index (κ2) is 8.15. The van der Waals surface area contributed by atoms with Gasteiger partial charge in [0.2, 0.25) is 11.8 Å². The Kier molecular flexibility index (Phi) is 6.21. The summed E-state index contributed by atoms with van der Waals surface area (Å²) in [5.74, 6) is -0.343. The van der Waals surface area contributed by atoms with Gasteiger partial charge in [0, 0.05) is 31.6 Å². The minimum absolute atomic E-state index is 0.0211. The van der Waals surface area contributed by atoms with Crippen molar-refractivity contribution in [2.45, 2.75) is 32.4 Å². The summed E-state index contributed by atoms with van der Waals surface area (Å²) in [6, 6.07) is 7.31. The molecular formula is C16H21ClN2O3. The number of rotatable bonds is 6. The zero-order valence-electron chi connectivity index (χ0n) is 12.7. The van der Waals surface area contributed by atoms with Crippen molar-refractivity contribution in [2.75, 3.05) is 19.7 Å². The average molecular weight is 325 g/mol. The molecule has 1 unspecified atom stereocenters. The van der Waals surface area contributed by atoms with E-state index in [4.69, 9.17) is 16.3 Å². The third-order valence-corrected chi connectivity index (χ3v) is 4.02. The minimum Gasteiger partial charge on any atom is -0.376 e. The summed E-state index contributed by atoms with van der Waals surface area (Å²) in [5.41, 5.74) is 0.825. The first-order chi connectivity index (χ1) is 10.6. The highest BCUT2D eigenvalue weighted by Gasteiger charge is 2.18. The van der Waals surface area contributed by atoms with Gasteiger partial charge in [-0.1, -0.05) is 29.8 Å². The van der Waals surface area contributed by atoms with Gasteiger partial charge in [0.05, 0.1) is 12.6 Å². The smallest absolute Gasteiger partial charge is 0.239 e. The number of nitrogens with zero attached hydrogens (tertiary/aromatic N) is 1. The van der Waals surface area contributed by atoms with Crippen LogP contribution in [0.15, 0.2) is 24.3 Å². The molecule has 1 fully saturated rings. The highest BCUT2D eigenvalue weighted by Crippen LogP contribution is 2.17. The van der Waals surface area contributed by atoms with Crippen LogP contribution in [-0.4, -0.2) is 42.5 Å². The maximum Gasteiger partial charge on any atom is 0.239 e. The first-order valence-electron chi connectivity index (χ1n) is 7.43. The number of amides is 2. The molecule has 0 bridgehead atoms. The highest BCUT2D eigenvalue weighted by atomic mass is 35.5. The second-order valence-corrected chi connectivity index (χ2v) is 5.81. The van der Waals surface area contributed by atoms with Gasteiger partial charge in [-0.15, -0.1) is 0 Å². The Morgan fingerprint density at radius 2 is 2.18 bits per heavy atom. The lowest BCUT2D eigenvalue weighted by Gasteiger charge is -2.21. The van der Waals surface area contributed by atoms with E-state index < -0.39 is 0 Å². The summed E-state index contributed by atoms with van der Waals surface area (Å²) in [6.07, 6.45) is 2.10. The second-order valence-electron chi connectivity index (χ2n) is 5.41. The highest BCUT2D eigenvalue weighted by molar-refractivity contribution is 6.31. The fourth-order valence-electron chi connectivity index (χ4n) is 2.37. The molecule has 1 aliphatic rings. The van der Waals surface area contributed by atoms with Crippen molar-refractivity contribution in [3.05, 3.63) is 34.9 Å². The van der Waals surface area contributed by atoms with Gasteiger partial charge in [0.15, 0.2) is 0 Å². The summed E-state index contributed by atoms with van der Waals surface area (Å²) in [5, 5.41) is 3.41. The zero-order chi connectivity index (χ0) is 15.9. The van der Waals surface area contributed by atoms with Crippen molar-refractivity contribution in [2.24, 2.45) is 0 Å². The lowest BCUT2D eigenvalue weighted by atomic mass is 10.2. The number of ether oxygens (including phenoxy) is 1. The van der Waals surface area contributed by atoms with Crippen LogP contribution in [0.25, 0.3) is 0 Å². The summed E-state index contributed by atoms with van der Waals surface area (Å²) in [7, 11) is 0. The minimum atomic E-state index is -0.183. The van der Waals surface area contributed by atoms with Crippen LogP contribution in [0.5, 0.6) is 0 Å². The molecule has 22 heavy (non-hydrogen) atoms. The van der Waals surface area contributed by atoms with Crippen LogP contribution < -0.4 is 5.32 Å². The quantitative estimate of drug-likeness (QED) is 0.870. The van der Waals surface area contributed by atoms with Crippen LogP contribution in [0.2, 0.25) is 5.02 Å². The number of carbonyl (C=O) groups is 2. The van der Waals surface area contributed by atoms with E-state index in [-0.39, 0.29) is 24.5 Å². The molecule has 0 saturated carbocycles. The molecule has 2 rings (SSSR count). The summed E-state index contributed by atoms with van der Waals surface area (Å²) in [4.78, 5) is 25.2. The summed E-state index contributed by atoms with van der Waals surface area (Å²) in [6.45, 7) is 3.04. The Labute approximate surface area is 135 Å². The molecule has 1 N–H and O–H groups in total. The topological polar surface area (TPSA) is 58.6 Å². The molecule has 1 heterocycles. The van der Waals surface area contributed by atoms with E-state index in [1.54, 1.807) is 6.07 Å². The predicted molar refractivity (Wildman–Crippen MR) is 84.5 cm³/mol. The Morgan fingerprint density at radius 1 is 1.41 bits per heavy atom. The Bertz CT molecular complexity index is 530. The molecule has 120 valence electrons. The van der Waals surface area contributed by atoms with E-state index in [1.165, 1.54) is 11.8 Å². The fraction of sp³-hybridized carbons (Fsp3) is 0.500. The maximum absolute atomic E-state index is 12.0. The molecule has 1 aromatic rings. The number of halogens is 1. The van der Waals surface area contributed by atoms with Crippen LogP contribution >= 0.6 is 11.6 Å². The molecule has 0 spiro atoms. The largest absolute Gasteiger partial charge is 0.376 e. The zero-order valence-corrected chi connectivity index (χ0v) is 13.4. The van der Waals surface area contributed by atoms with Gasteiger partial charge in [0.1, 0.15) is 0 Å². The summed E-state index contributed by atoms with van der Waals surface area (Å²) >= 11 is 6.10. The van der Waals surface area contributed by atoms with Crippen molar-refractivity contribution < 1.29 is 14.3 Å². The van der Waals surface area contributed by atoms with Crippen molar-refractivity contribution >= 4 is 23.4 Å². The van der Waals surface area contributed by atoms with E-state index in [9.17, 15) is 9.59 Å². The first kappa shape index (κ1) is 16.8. The Morgan fingerprint density at radius 3 is 2.82 bits per heavy atom. The fourth-order valence-corrected chi connectivity index (χ4v) is 2.57. The van der Waals surface area contributed by atoms with Crippen LogP contribution in [-0.2, 0) is 20.9 Å². The molecule has 1 atom stereocenters. The Balaban J connectivity index is 1.86. The van der Waals surface area contributed by atoms with Crippen molar-refractivity contribution in [1.82, 2.24) is 10.2 Å².